The molecular weight excluding hydrogens is 490 g/mol. The molecule has 1 aliphatic rings. The Morgan fingerprint density at radius 3 is 2.86 bits per heavy atom. The van der Waals surface area contributed by atoms with Gasteiger partial charge in [-0.2, -0.15) is 5.10 Å². The van der Waals surface area contributed by atoms with Gasteiger partial charge in [0.2, 0.25) is 6.23 Å². The van der Waals surface area contributed by atoms with Crippen LogP contribution in [0.3, 0.4) is 0 Å². The summed E-state index contributed by atoms with van der Waals surface area (Å²) >= 11 is 5.98. The molecule has 1 fully saturated rings. The number of nitrogens with one attached hydrogen (secondary N) is 3. The Balaban J connectivity index is 1.22. The van der Waals surface area contributed by atoms with Crippen LogP contribution in [0.1, 0.15) is 17.4 Å². The Kier molecular flexibility index (Phi) is 5.55. The van der Waals surface area contributed by atoms with Crippen LogP contribution in [-0.4, -0.2) is 36.4 Å². The Morgan fingerprint density at radius 2 is 2.06 bits per heavy atom. The third kappa shape index (κ3) is 4.14. The van der Waals surface area contributed by atoms with Crippen molar-refractivity contribution in [2.75, 3.05) is 0 Å². The van der Waals surface area contributed by atoms with Crippen molar-refractivity contribution >= 4 is 28.8 Å². The number of rotatable bonds is 5. The summed E-state index contributed by atoms with van der Waals surface area (Å²) in [5.41, 5.74) is 6.58. The van der Waals surface area contributed by atoms with Gasteiger partial charge in [0.15, 0.2) is 5.65 Å². The smallest absolute Gasteiger partial charge is 0.304 e. The highest BCUT2D eigenvalue weighted by molar-refractivity contribution is 6.30. The van der Waals surface area contributed by atoms with E-state index in [0.717, 1.165) is 11.1 Å². The standard InChI is InChI=1S/C24H17ClF2N8O/c25-17-3-1-2-14(8-17)23-35(27)34-24(36-23)29-10-15-5-4-13(9-19(15)26)18-6-7-28-22-20(18)32-21(33-22)16-11-30-31-12-16/h1-9,11-12,23H,10H2,(H,29,34)(H,30,31)(H,28,32,33). The molecule has 0 radical (unpaired) electrons. The fourth-order valence-electron chi connectivity index (χ4n) is 3.93. The minimum atomic E-state index is -1.05. The number of hydrogen-bond acceptors (Lipinski definition) is 6. The van der Waals surface area contributed by atoms with E-state index in [1.807, 2.05) is 0 Å². The summed E-state index contributed by atoms with van der Waals surface area (Å²) in [6, 6.07) is 13.2. The lowest BCUT2D eigenvalue weighted by atomic mass is 10.0. The van der Waals surface area contributed by atoms with Gasteiger partial charge in [0, 0.05) is 34.1 Å². The number of aliphatic imine (C=N–C) groups is 1. The number of H-pyrrole nitrogens is 2. The first-order valence-corrected chi connectivity index (χ1v) is 11.2. The molecule has 0 saturated carbocycles. The fraction of sp³-hybridized carbons (Fsp3) is 0.0833. The van der Waals surface area contributed by atoms with Gasteiger partial charge in [-0.15, -0.1) is 4.48 Å². The number of imidazole rings is 1. The second kappa shape index (κ2) is 9.02. The maximum Gasteiger partial charge on any atom is 0.304 e. The molecule has 1 aliphatic heterocycles. The van der Waals surface area contributed by atoms with E-state index >= 15 is 4.39 Å². The molecule has 9 nitrogen and oxygen atoms in total. The summed E-state index contributed by atoms with van der Waals surface area (Å²) in [6.45, 7) is -0.0506. The van der Waals surface area contributed by atoms with Crippen LogP contribution in [0, 0.1) is 5.82 Å². The number of halogens is 3. The molecule has 3 N–H and O–H groups in total. The van der Waals surface area contributed by atoms with E-state index in [1.54, 1.807) is 61.1 Å². The highest BCUT2D eigenvalue weighted by atomic mass is 35.5. The van der Waals surface area contributed by atoms with E-state index in [9.17, 15) is 4.48 Å². The normalized spacial score (nSPS) is 17.0. The third-order valence-electron chi connectivity index (χ3n) is 5.69. The maximum atomic E-state index is 15.0. The molecule has 1 atom stereocenters. The quantitative estimate of drug-likeness (QED) is 0.287. The lowest BCUT2D eigenvalue weighted by Gasteiger charge is -2.11. The van der Waals surface area contributed by atoms with Crippen molar-refractivity contribution in [3.63, 3.8) is 0 Å². The van der Waals surface area contributed by atoms with Gasteiger partial charge in [0.25, 0.3) is 0 Å². The zero-order valence-corrected chi connectivity index (χ0v) is 19.2. The van der Waals surface area contributed by atoms with Crippen molar-refractivity contribution in [3.8, 4) is 22.5 Å². The van der Waals surface area contributed by atoms with E-state index in [4.69, 9.17) is 16.3 Å². The van der Waals surface area contributed by atoms with E-state index in [-0.39, 0.29) is 17.8 Å². The number of aromatic nitrogens is 5. The van der Waals surface area contributed by atoms with Gasteiger partial charge in [0.05, 0.1) is 23.8 Å². The number of amidine groups is 1. The van der Waals surface area contributed by atoms with Crippen molar-refractivity contribution < 1.29 is 13.6 Å². The molecular formula is C24H17ClF2N8O. The molecule has 1 saturated heterocycles. The largest absolute Gasteiger partial charge is 0.436 e. The average molecular weight is 507 g/mol. The van der Waals surface area contributed by atoms with Gasteiger partial charge in [-0.1, -0.05) is 35.9 Å². The number of nitrogens with zero attached hydrogens (tertiary/aromatic N) is 5. The number of ether oxygens (including phenoxy) is 1. The van der Waals surface area contributed by atoms with Crippen LogP contribution < -0.4 is 5.43 Å². The van der Waals surface area contributed by atoms with Crippen LogP contribution in [0.4, 0.5) is 8.87 Å². The molecule has 5 aromatic rings. The average Bonchev–Trinajstić information content (AvgIpc) is 3.62. The lowest BCUT2D eigenvalue weighted by molar-refractivity contribution is -0.0950. The van der Waals surface area contributed by atoms with Gasteiger partial charge in [-0.3, -0.25) is 5.10 Å². The van der Waals surface area contributed by atoms with Crippen LogP contribution in [0.2, 0.25) is 5.02 Å². The monoisotopic (exact) mass is 506 g/mol. The van der Waals surface area contributed by atoms with Crippen LogP contribution in [0.15, 0.2) is 72.1 Å². The van der Waals surface area contributed by atoms with Crippen molar-refractivity contribution in [2.24, 2.45) is 4.99 Å². The second-order valence-corrected chi connectivity index (χ2v) is 8.44. The molecule has 6 rings (SSSR count). The minimum Gasteiger partial charge on any atom is -0.436 e. The van der Waals surface area contributed by atoms with Gasteiger partial charge < -0.3 is 9.72 Å². The molecule has 180 valence electrons. The van der Waals surface area contributed by atoms with Gasteiger partial charge in [-0.25, -0.2) is 24.8 Å². The summed E-state index contributed by atoms with van der Waals surface area (Å²) in [6.07, 6.45) is 3.94. The lowest BCUT2D eigenvalue weighted by Crippen LogP contribution is -2.27. The van der Waals surface area contributed by atoms with Gasteiger partial charge >= 0.3 is 6.02 Å². The van der Waals surface area contributed by atoms with Crippen molar-refractivity contribution in [3.05, 3.63) is 89.1 Å². The molecule has 12 heteroatoms. The third-order valence-corrected chi connectivity index (χ3v) is 5.92. The molecule has 1 unspecified atom stereocenters. The molecule has 0 bridgehead atoms. The van der Waals surface area contributed by atoms with Crippen LogP contribution in [0.25, 0.3) is 33.7 Å². The first kappa shape index (κ1) is 22.1. The highest BCUT2D eigenvalue weighted by Gasteiger charge is 2.32. The van der Waals surface area contributed by atoms with E-state index in [1.165, 1.54) is 6.07 Å². The first-order chi connectivity index (χ1) is 17.5. The molecule has 0 amide bonds. The Hall–Kier alpha value is -4.35. The predicted molar refractivity (Wildman–Crippen MR) is 129 cm³/mol. The van der Waals surface area contributed by atoms with Gasteiger partial charge in [0.1, 0.15) is 11.6 Å². The van der Waals surface area contributed by atoms with Crippen LogP contribution >= 0.6 is 11.6 Å². The van der Waals surface area contributed by atoms with Crippen molar-refractivity contribution in [1.82, 2.24) is 35.8 Å². The molecule has 2 aromatic carbocycles. The number of hydrazine groups is 1. The van der Waals surface area contributed by atoms with Gasteiger partial charge in [-0.05, 0) is 35.1 Å². The van der Waals surface area contributed by atoms with E-state index < -0.39 is 12.0 Å². The summed E-state index contributed by atoms with van der Waals surface area (Å²) in [7, 11) is 0. The zero-order valence-electron chi connectivity index (χ0n) is 18.4. The summed E-state index contributed by atoms with van der Waals surface area (Å²) < 4.78 is 34.9. The predicted octanol–water partition coefficient (Wildman–Crippen LogP) is 5.08. The zero-order chi connectivity index (χ0) is 24.6. The Bertz CT molecular complexity index is 1590. The maximum absolute atomic E-state index is 15.0. The molecule has 36 heavy (non-hydrogen) atoms. The number of aromatic amines is 2. The topological polar surface area (TPSA) is 107 Å². The summed E-state index contributed by atoms with van der Waals surface area (Å²) in [5, 5.41) is 7.42. The number of benzene rings is 2. The van der Waals surface area contributed by atoms with Crippen LogP contribution in [0.5, 0.6) is 0 Å². The number of fused-ring (bicyclic) bond motifs is 1. The first-order valence-electron chi connectivity index (χ1n) is 10.9. The van der Waals surface area contributed by atoms with Crippen LogP contribution in [-0.2, 0) is 11.3 Å². The fourth-order valence-corrected chi connectivity index (χ4v) is 4.13. The molecule has 0 spiro atoms. The van der Waals surface area contributed by atoms with E-state index in [2.05, 4.69) is 35.6 Å². The summed E-state index contributed by atoms with van der Waals surface area (Å²) in [4.78, 5) is 16.2. The Morgan fingerprint density at radius 1 is 1.14 bits per heavy atom. The molecule has 3 aromatic heterocycles. The van der Waals surface area contributed by atoms with Crippen molar-refractivity contribution in [2.45, 2.75) is 12.8 Å². The van der Waals surface area contributed by atoms with Crippen molar-refractivity contribution in [1.29, 1.82) is 0 Å². The van der Waals surface area contributed by atoms with E-state index in [0.29, 0.717) is 38.7 Å². The number of pyridine rings is 1. The Labute approximate surface area is 207 Å². The molecule has 0 aliphatic carbocycles. The second-order valence-electron chi connectivity index (χ2n) is 8.01. The minimum absolute atomic E-state index is 0.0506. The SMILES string of the molecule is Fc1cc(-c2ccnc3nc(-c4cn[nH]c4)[nH]c23)ccc1CN=C1NN(F)C(c2cccc(Cl)c2)O1. The summed E-state index contributed by atoms with van der Waals surface area (Å²) in [5.74, 6) is 0.145. The number of hydrogen-bond donors (Lipinski definition) is 3. The highest BCUT2D eigenvalue weighted by Crippen LogP contribution is 2.30. The molecule has 4 heterocycles.